The van der Waals surface area contributed by atoms with Crippen LogP contribution in [0.2, 0.25) is 10.0 Å². The highest BCUT2D eigenvalue weighted by molar-refractivity contribution is 9.10. The van der Waals surface area contributed by atoms with Crippen molar-refractivity contribution in [2.75, 3.05) is 32.7 Å². The third kappa shape index (κ3) is 4.47. The fraction of sp³-hybridized carbons (Fsp3) is 0.455. The van der Waals surface area contributed by atoms with Crippen LogP contribution in [0.15, 0.2) is 21.5 Å². The van der Waals surface area contributed by atoms with Gasteiger partial charge >= 0.3 is 0 Å². The van der Waals surface area contributed by atoms with Crippen molar-refractivity contribution < 1.29 is 13.2 Å². The molecule has 9 heteroatoms. The summed E-state index contributed by atoms with van der Waals surface area (Å²) >= 11 is 20.9. The Morgan fingerprint density at radius 2 is 1.80 bits per heavy atom. The number of hydrogen-bond acceptors (Lipinski definition) is 3. The van der Waals surface area contributed by atoms with E-state index in [1.54, 1.807) is 0 Å². The van der Waals surface area contributed by atoms with E-state index in [9.17, 15) is 8.42 Å². The summed E-state index contributed by atoms with van der Waals surface area (Å²) in [6.45, 7) is 0.576. The minimum Gasteiger partial charge on any atom is -0.383 e. The van der Waals surface area contributed by atoms with Crippen molar-refractivity contribution in [1.29, 1.82) is 0 Å². The predicted octanol–water partition coefficient (Wildman–Crippen LogP) is 3.63. The first-order valence-corrected chi connectivity index (χ1v) is 9.06. The van der Waals surface area contributed by atoms with Crippen molar-refractivity contribution >= 4 is 60.8 Å². The maximum absolute atomic E-state index is 12.6. The molecular formula is C11H13BrCl3NO3S. The van der Waals surface area contributed by atoms with Crippen LogP contribution < -0.4 is 0 Å². The molecule has 0 bridgehead atoms. The lowest BCUT2D eigenvalue weighted by molar-refractivity contribution is 0.180. The van der Waals surface area contributed by atoms with Crippen LogP contribution in [0, 0.1) is 0 Å². The van der Waals surface area contributed by atoms with Gasteiger partial charge in [-0.05, 0) is 12.1 Å². The van der Waals surface area contributed by atoms with E-state index in [0.717, 1.165) is 0 Å². The van der Waals surface area contributed by atoms with Crippen molar-refractivity contribution in [3.05, 3.63) is 26.7 Å². The van der Waals surface area contributed by atoms with Crippen LogP contribution in [0.5, 0.6) is 0 Å². The highest BCUT2D eigenvalue weighted by Gasteiger charge is 2.29. The quantitative estimate of drug-likeness (QED) is 0.627. The standard InChI is InChI=1S/C11H13BrCl3NO3S/c1-19-5-4-16(3-2-13)20(17,18)11-9(14)6-8(12)7-10(11)15/h6-7H,2-5H2,1H3. The first-order chi connectivity index (χ1) is 9.34. The minimum absolute atomic E-state index is 0.0568. The number of hydrogen-bond donors (Lipinski definition) is 0. The largest absolute Gasteiger partial charge is 0.383 e. The highest BCUT2D eigenvalue weighted by Crippen LogP contribution is 2.34. The van der Waals surface area contributed by atoms with Gasteiger partial charge in [0.1, 0.15) is 4.90 Å². The average molecular weight is 426 g/mol. The van der Waals surface area contributed by atoms with E-state index in [1.807, 2.05) is 0 Å². The highest BCUT2D eigenvalue weighted by atomic mass is 79.9. The maximum Gasteiger partial charge on any atom is 0.246 e. The first-order valence-electron chi connectivity index (χ1n) is 5.54. The molecule has 0 radical (unpaired) electrons. The van der Waals surface area contributed by atoms with Gasteiger partial charge in [-0.3, -0.25) is 0 Å². The van der Waals surface area contributed by atoms with Crippen LogP contribution in [0.3, 0.4) is 0 Å². The summed E-state index contributed by atoms with van der Waals surface area (Å²) in [5.74, 6) is 0.161. The van der Waals surface area contributed by atoms with Crippen molar-refractivity contribution in [2.24, 2.45) is 0 Å². The van der Waals surface area contributed by atoms with E-state index in [0.29, 0.717) is 4.47 Å². The average Bonchev–Trinajstić information content (AvgIpc) is 2.32. The molecule has 0 fully saturated rings. The molecular weight excluding hydrogens is 412 g/mol. The molecule has 0 aliphatic heterocycles. The van der Waals surface area contributed by atoms with Gasteiger partial charge in [0.25, 0.3) is 0 Å². The molecule has 0 N–H and O–H groups in total. The summed E-state index contributed by atoms with van der Waals surface area (Å²) in [4.78, 5) is -0.120. The monoisotopic (exact) mass is 423 g/mol. The van der Waals surface area contributed by atoms with Gasteiger partial charge in [-0.2, -0.15) is 4.31 Å². The Hall–Kier alpha value is 0.440. The minimum atomic E-state index is -3.83. The fourth-order valence-electron chi connectivity index (χ4n) is 1.54. The molecule has 0 spiro atoms. The number of ether oxygens (including phenoxy) is 1. The number of nitrogens with zero attached hydrogens (tertiary/aromatic N) is 1. The second-order valence-electron chi connectivity index (χ2n) is 3.78. The van der Waals surface area contributed by atoms with E-state index in [1.165, 1.54) is 23.5 Å². The van der Waals surface area contributed by atoms with Crippen LogP contribution in [-0.4, -0.2) is 45.4 Å². The zero-order valence-electron chi connectivity index (χ0n) is 10.6. The Bertz CT molecular complexity index is 545. The Morgan fingerprint density at radius 1 is 1.25 bits per heavy atom. The Balaban J connectivity index is 3.26. The van der Waals surface area contributed by atoms with Gasteiger partial charge in [0.15, 0.2) is 0 Å². The lowest BCUT2D eigenvalue weighted by atomic mass is 10.4. The lowest BCUT2D eigenvalue weighted by Crippen LogP contribution is -2.35. The second-order valence-corrected chi connectivity index (χ2v) is 7.77. The molecule has 1 rings (SSSR count). The zero-order valence-corrected chi connectivity index (χ0v) is 15.2. The molecule has 0 saturated carbocycles. The fourth-order valence-corrected chi connectivity index (χ4v) is 5.16. The van der Waals surface area contributed by atoms with E-state index in [2.05, 4.69) is 15.9 Å². The Labute approximate surface area is 142 Å². The van der Waals surface area contributed by atoms with Crippen molar-refractivity contribution in [3.8, 4) is 0 Å². The summed E-state index contributed by atoms with van der Waals surface area (Å²) in [5.41, 5.74) is 0. The zero-order chi connectivity index (χ0) is 15.3. The van der Waals surface area contributed by atoms with Gasteiger partial charge in [-0.25, -0.2) is 8.42 Å². The number of rotatable bonds is 7. The van der Waals surface area contributed by atoms with Crippen molar-refractivity contribution in [3.63, 3.8) is 0 Å². The van der Waals surface area contributed by atoms with Crippen LogP contribution >= 0.6 is 50.7 Å². The number of methoxy groups -OCH3 is 1. The van der Waals surface area contributed by atoms with Gasteiger partial charge in [0, 0.05) is 30.6 Å². The summed E-state index contributed by atoms with van der Waals surface area (Å²) in [7, 11) is -2.34. The van der Waals surface area contributed by atoms with Gasteiger partial charge in [0.2, 0.25) is 10.0 Å². The van der Waals surface area contributed by atoms with Crippen LogP contribution in [0.25, 0.3) is 0 Å². The molecule has 0 aliphatic carbocycles. The molecule has 0 saturated heterocycles. The Morgan fingerprint density at radius 3 is 2.25 bits per heavy atom. The third-order valence-electron chi connectivity index (χ3n) is 2.44. The molecule has 1 aromatic carbocycles. The van der Waals surface area contributed by atoms with Crippen LogP contribution in [0.1, 0.15) is 0 Å². The number of alkyl halides is 1. The van der Waals surface area contributed by atoms with E-state index in [4.69, 9.17) is 39.5 Å². The molecule has 0 heterocycles. The summed E-state index contributed by atoms with van der Waals surface area (Å²) in [6, 6.07) is 2.96. The predicted molar refractivity (Wildman–Crippen MR) is 85.5 cm³/mol. The molecule has 0 aliphatic rings. The number of sulfonamides is 1. The van der Waals surface area contributed by atoms with Crippen molar-refractivity contribution in [2.45, 2.75) is 4.90 Å². The van der Waals surface area contributed by atoms with Crippen molar-refractivity contribution in [1.82, 2.24) is 4.31 Å². The normalized spacial score (nSPS) is 12.1. The molecule has 0 amide bonds. The summed E-state index contributed by atoms with van der Waals surface area (Å²) in [6.07, 6.45) is 0. The molecule has 4 nitrogen and oxygen atoms in total. The molecule has 114 valence electrons. The van der Waals surface area contributed by atoms with Crippen LogP contribution in [0.4, 0.5) is 0 Å². The summed E-state index contributed by atoms with van der Waals surface area (Å²) in [5, 5.41) is 0.114. The molecule has 0 unspecified atom stereocenters. The SMILES string of the molecule is COCCN(CCCl)S(=O)(=O)c1c(Cl)cc(Br)cc1Cl. The Kier molecular flexibility index (Phi) is 7.56. The molecule has 20 heavy (non-hydrogen) atoms. The van der Waals surface area contributed by atoms with E-state index >= 15 is 0 Å². The van der Waals surface area contributed by atoms with Gasteiger partial charge in [0.05, 0.1) is 16.7 Å². The number of halogens is 4. The lowest BCUT2D eigenvalue weighted by Gasteiger charge is -2.22. The number of benzene rings is 1. The van der Waals surface area contributed by atoms with E-state index < -0.39 is 10.0 Å². The van der Waals surface area contributed by atoms with Gasteiger partial charge in [-0.1, -0.05) is 39.1 Å². The molecule has 1 aromatic rings. The van der Waals surface area contributed by atoms with Gasteiger partial charge < -0.3 is 4.74 Å². The first kappa shape index (κ1) is 18.5. The van der Waals surface area contributed by atoms with Crippen LogP contribution in [-0.2, 0) is 14.8 Å². The molecule has 0 aromatic heterocycles. The summed E-state index contributed by atoms with van der Waals surface area (Å²) < 4.78 is 31.9. The topological polar surface area (TPSA) is 46.6 Å². The smallest absolute Gasteiger partial charge is 0.246 e. The maximum atomic E-state index is 12.6. The molecule has 0 atom stereocenters. The second kappa shape index (κ2) is 8.17. The van der Waals surface area contributed by atoms with Gasteiger partial charge in [-0.15, -0.1) is 11.6 Å². The third-order valence-corrected chi connectivity index (χ3v) is 5.89. The van der Waals surface area contributed by atoms with E-state index in [-0.39, 0.29) is 40.5 Å².